The standard InChI is InChI=1S/C8H11BrN2O/c1-11(2)8-7(12-3)6(9)4-5-10-8/h4-5H,1-3H3. The molecule has 0 fully saturated rings. The Morgan fingerprint density at radius 1 is 1.50 bits per heavy atom. The highest BCUT2D eigenvalue weighted by molar-refractivity contribution is 9.10. The van der Waals surface area contributed by atoms with E-state index in [1.165, 1.54) is 0 Å². The number of hydrogen-bond donors (Lipinski definition) is 0. The fourth-order valence-electron chi connectivity index (χ4n) is 0.922. The number of pyridine rings is 1. The van der Waals surface area contributed by atoms with Crippen LogP contribution in [0.1, 0.15) is 0 Å². The molecule has 4 heteroatoms. The van der Waals surface area contributed by atoms with Crippen LogP contribution in [0.5, 0.6) is 5.75 Å². The highest BCUT2D eigenvalue weighted by Gasteiger charge is 2.09. The quantitative estimate of drug-likeness (QED) is 0.777. The summed E-state index contributed by atoms with van der Waals surface area (Å²) < 4.78 is 6.11. The molecule has 0 amide bonds. The molecule has 1 rings (SSSR count). The maximum atomic E-state index is 5.19. The molecular weight excluding hydrogens is 220 g/mol. The summed E-state index contributed by atoms with van der Waals surface area (Å²) >= 11 is 3.38. The topological polar surface area (TPSA) is 25.4 Å². The van der Waals surface area contributed by atoms with E-state index in [4.69, 9.17) is 4.74 Å². The van der Waals surface area contributed by atoms with Crippen molar-refractivity contribution in [1.29, 1.82) is 0 Å². The highest BCUT2D eigenvalue weighted by Crippen LogP contribution is 2.31. The summed E-state index contributed by atoms with van der Waals surface area (Å²) in [4.78, 5) is 6.09. The van der Waals surface area contributed by atoms with Crippen molar-refractivity contribution in [1.82, 2.24) is 4.98 Å². The molecule has 0 aliphatic carbocycles. The molecule has 3 nitrogen and oxygen atoms in total. The molecule has 0 saturated heterocycles. The van der Waals surface area contributed by atoms with Gasteiger partial charge in [0, 0.05) is 20.3 Å². The Hall–Kier alpha value is -0.770. The van der Waals surface area contributed by atoms with Crippen molar-refractivity contribution in [2.75, 3.05) is 26.1 Å². The third kappa shape index (κ3) is 1.69. The average molecular weight is 231 g/mol. The van der Waals surface area contributed by atoms with Gasteiger partial charge in [0.15, 0.2) is 11.6 Å². The van der Waals surface area contributed by atoms with Gasteiger partial charge >= 0.3 is 0 Å². The van der Waals surface area contributed by atoms with E-state index in [1.54, 1.807) is 13.3 Å². The lowest BCUT2D eigenvalue weighted by Gasteiger charge is -2.15. The van der Waals surface area contributed by atoms with Crippen molar-refractivity contribution in [3.63, 3.8) is 0 Å². The van der Waals surface area contributed by atoms with Gasteiger partial charge in [-0.1, -0.05) is 0 Å². The van der Waals surface area contributed by atoms with Gasteiger partial charge in [-0.15, -0.1) is 0 Å². The Kier molecular flexibility index (Phi) is 2.92. The minimum Gasteiger partial charge on any atom is -0.492 e. The van der Waals surface area contributed by atoms with Crippen LogP contribution in [-0.2, 0) is 0 Å². The van der Waals surface area contributed by atoms with Crippen molar-refractivity contribution >= 4 is 21.7 Å². The van der Waals surface area contributed by atoms with Gasteiger partial charge < -0.3 is 9.64 Å². The molecule has 1 aromatic rings. The molecule has 0 aliphatic heterocycles. The van der Waals surface area contributed by atoms with Crippen LogP contribution in [0, 0.1) is 0 Å². The Labute approximate surface area is 80.5 Å². The van der Waals surface area contributed by atoms with E-state index in [0.717, 1.165) is 16.0 Å². The first-order chi connectivity index (χ1) is 5.66. The average Bonchev–Trinajstić information content (AvgIpc) is 2.03. The van der Waals surface area contributed by atoms with Crippen molar-refractivity contribution in [3.8, 4) is 5.75 Å². The summed E-state index contributed by atoms with van der Waals surface area (Å²) in [7, 11) is 5.49. The summed E-state index contributed by atoms with van der Waals surface area (Å²) in [6.45, 7) is 0. The molecule has 0 aromatic carbocycles. The molecule has 0 radical (unpaired) electrons. The van der Waals surface area contributed by atoms with Crippen LogP contribution < -0.4 is 9.64 Å². The van der Waals surface area contributed by atoms with E-state index in [0.29, 0.717) is 0 Å². The molecule has 1 heterocycles. The molecule has 0 spiro atoms. The molecule has 1 aromatic heterocycles. The zero-order valence-electron chi connectivity index (χ0n) is 7.34. The number of anilines is 1. The number of aromatic nitrogens is 1. The van der Waals surface area contributed by atoms with Crippen LogP contribution >= 0.6 is 15.9 Å². The number of rotatable bonds is 2. The summed E-state index contributed by atoms with van der Waals surface area (Å²) in [5.41, 5.74) is 0. The summed E-state index contributed by atoms with van der Waals surface area (Å²) in [6, 6.07) is 1.85. The summed E-state index contributed by atoms with van der Waals surface area (Å²) in [6.07, 6.45) is 1.74. The first-order valence-corrected chi connectivity index (χ1v) is 4.32. The summed E-state index contributed by atoms with van der Waals surface area (Å²) in [5.74, 6) is 1.59. The largest absolute Gasteiger partial charge is 0.492 e. The van der Waals surface area contributed by atoms with Crippen LogP contribution in [0.4, 0.5) is 5.82 Å². The first kappa shape index (κ1) is 9.32. The smallest absolute Gasteiger partial charge is 0.175 e. The van der Waals surface area contributed by atoms with Gasteiger partial charge in [-0.2, -0.15) is 0 Å². The van der Waals surface area contributed by atoms with Crippen molar-refractivity contribution in [2.45, 2.75) is 0 Å². The van der Waals surface area contributed by atoms with E-state index in [1.807, 2.05) is 25.1 Å². The zero-order chi connectivity index (χ0) is 9.14. The van der Waals surface area contributed by atoms with E-state index in [9.17, 15) is 0 Å². The molecular formula is C8H11BrN2O. The number of hydrogen-bond acceptors (Lipinski definition) is 3. The maximum Gasteiger partial charge on any atom is 0.175 e. The van der Waals surface area contributed by atoms with Crippen LogP contribution in [0.2, 0.25) is 0 Å². The molecule has 0 aliphatic rings. The Morgan fingerprint density at radius 2 is 2.17 bits per heavy atom. The molecule has 0 unspecified atom stereocenters. The Balaban J connectivity index is 3.18. The fraction of sp³-hybridized carbons (Fsp3) is 0.375. The number of ether oxygens (including phenoxy) is 1. The SMILES string of the molecule is COc1c(Br)ccnc1N(C)C. The predicted octanol–water partition coefficient (Wildman–Crippen LogP) is 1.92. The second-order valence-electron chi connectivity index (χ2n) is 2.54. The predicted molar refractivity (Wildman–Crippen MR) is 52.8 cm³/mol. The monoisotopic (exact) mass is 230 g/mol. The van der Waals surface area contributed by atoms with Crippen LogP contribution in [-0.4, -0.2) is 26.2 Å². The van der Waals surface area contributed by atoms with Gasteiger partial charge in [-0.3, -0.25) is 0 Å². The van der Waals surface area contributed by atoms with Gasteiger partial charge in [0.05, 0.1) is 11.6 Å². The molecule has 66 valence electrons. The molecule has 0 atom stereocenters. The Bertz CT molecular complexity index is 276. The van der Waals surface area contributed by atoms with E-state index in [2.05, 4.69) is 20.9 Å². The van der Waals surface area contributed by atoms with Crippen molar-refractivity contribution < 1.29 is 4.74 Å². The lowest BCUT2D eigenvalue weighted by molar-refractivity contribution is 0.411. The maximum absolute atomic E-state index is 5.19. The van der Waals surface area contributed by atoms with E-state index < -0.39 is 0 Å². The molecule has 12 heavy (non-hydrogen) atoms. The minimum atomic E-state index is 0.766. The van der Waals surface area contributed by atoms with Crippen molar-refractivity contribution in [2.24, 2.45) is 0 Å². The highest BCUT2D eigenvalue weighted by atomic mass is 79.9. The number of methoxy groups -OCH3 is 1. The van der Waals surface area contributed by atoms with Crippen molar-refractivity contribution in [3.05, 3.63) is 16.7 Å². The van der Waals surface area contributed by atoms with Gasteiger partial charge in [0.1, 0.15) is 0 Å². The summed E-state index contributed by atoms with van der Waals surface area (Å²) in [5, 5.41) is 0. The third-order valence-electron chi connectivity index (χ3n) is 1.47. The van der Waals surface area contributed by atoms with Crippen LogP contribution in [0.3, 0.4) is 0 Å². The second kappa shape index (κ2) is 3.76. The first-order valence-electron chi connectivity index (χ1n) is 3.52. The van der Waals surface area contributed by atoms with Crippen LogP contribution in [0.25, 0.3) is 0 Å². The van der Waals surface area contributed by atoms with Gasteiger partial charge in [-0.05, 0) is 22.0 Å². The van der Waals surface area contributed by atoms with Crippen LogP contribution in [0.15, 0.2) is 16.7 Å². The second-order valence-corrected chi connectivity index (χ2v) is 3.40. The normalized spacial score (nSPS) is 9.67. The van der Waals surface area contributed by atoms with Gasteiger partial charge in [0.2, 0.25) is 0 Å². The molecule has 0 bridgehead atoms. The fourth-order valence-corrected chi connectivity index (χ4v) is 1.38. The number of nitrogens with zero attached hydrogens (tertiary/aromatic N) is 2. The van der Waals surface area contributed by atoms with E-state index >= 15 is 0 Å². The van der Waals surface area contributed by atoms with Gasteiger partial charge in [-0.25, -0.2) is 4.98 Å². The molecule has 0 saturated carbocycles. The van der Waals surface area contributed by atoms with E-state index in [-0.39, 0.29) is 0 Å². The molecule has 0 N–H and O–H groups in total. The lowest BCUT2D eigenvalue weighted by Crippen LogP contribution is -2.12. The lowest BCUT2D eigenvalue weighted by atomic mass is 10.4. The zero-order valence-corrected chi connectivity index (χ0v) is 8.92. The number of halogens is 1. The third-order valence-corrected chi connectivity index (χ3v) is 2.09. The minimum absolute atomic E-state index is 0.766. The Morgan fingerprint density at radius 3 is 2.58 bits per heavy atom. The van der Waals surface area contributed by atoms with Gasteiger partial charge in [0.25, 0.3) is 0 Å².